The molecule has 0 aliphatic rings. The van der Waals surface area contributed by atoms with Crippen molar-refractivity contribution in [3.8, 4) is 0 Å². The van der Waals surface area contributed by atoms with Crippen LogP contribution in [0.2, 0.25) is 0 Å². The van der Waals surface area contributed by atoms with Crippen LogP contribution in [0.15, 0.2) is 28.9 Å². The lowest BCUT2D eigenvalue weighted by Gasteiger charge is -2.01. The minimum atomic E-state index is -0.854. The minimum absolute atomic E-state index is 0.00560. The SMILES string of the molecule is O=C(O)CSc1nnc(NCCc2ccncc2)s1. The summed E-state index contributed by atoms with van der Waals surface area (Å²) in [6, 6.07) is 3.94. The lowest BCUT2D eigenvalue weighted by atomic mass is 10.2. The summed E-state index contributed by atoms with van der Waals surface area (Å²) in [7, 11) is 0. The molecule has 2 heterocycles. The molecule has 0 bridgehead atoms. The molecule has 19 heavy (non-hydrogen) atoms. The molecule has 100 valence electrons. The number of thioether (sulfide) groups is 1. The second-order valence-corrected chi connectivity index (χ2v) is 5.79. The van der Waals surface area contributed by atoms with Gasteiger partial charge in [-0.25, -0.2) is 0 Å². The van der Waals surface area contributed by atoms with E-state index in [2.05, 4.69) is 20.5 Å². The Balaban J connectivity index is 1.76. The minimum Gasteiger partial charge on any atom is -0.481 e. The summed E-state index contributed by atoms with van der Waals surface area (Å²) in [5, 5.41) is 20.3. The van der Waals surface area contributed by atoms with Gasteiger partial charge in [0.1, 0.15) is 0 Å². The number of aliphatic carboxylic acids is 1. The number of carboxylic acid groups (broad SMARTS) is 1. The zero-order valence-corrected chi connectivity index (χ0v) is 11.6. The fourth-order valence-electron chi connectivity index (χ4n) is 1.33. The van der Waals surface area contributed by atoms with Gasteiger partial charge in [0.25, 0.3) is 0 Å². The van der Waals surface area contributed by atoms with Crippen molar-refractivity contribution in [3.63, 3.8) is 0 Å². The van der Waals surface area contributed by atoms with Crippen LogP contribution in [0.1, 0.15) is 5.56 Å². The molecule has 0 aromatic carbocycles. The van der Waals surface area contributed by atoms with Crippen LogP contribution in [-0.4, -0.2) is 38.6 Å². The number of hydrogen-bond donors (Lipinski definition) is 2. The van der Waals surface area contributed by atoms with Gasteiger partial charge in [0, 0.05) is 18.9 Å². The van der Waals surface area contributed by atoms with Crippen molar-refractivity contribution in [2.75, 3.05) is 17.6 Å². The van der Waals surface area contributed by atoms with Crippen molar-refractivity contribution in [1.82, 2.24) is 15.2 Å². The highest BCUT2D eigenvalue weighted by atomic mass is 32.2. The molecule has 0 saturated heterocycles. The van der Waals surface area contributed by atoms with E-state index in [0.717, 1.165) is 13.0 Å². The van der Waals surface area contributed by atoms with Crippen molar-refractivity contribution in [1.29, 1.82) is 0 Å². The highest BCUT2D eigenvalue weighted by molar-refractivity contribution is 8.01. The van der Waals surface area contributed by atoms with Gasteiger partial charge in [-0.1, -0.05) is 23.1 Å². The monoisotopic (exact) mass is 296 g/mol. The molecule has 8 heteroatoms. The highest BCUT2D eigenvalue weighted by Crippen LogP contribution is 2.25. The van der Waals surface area contributed by atoms with E-state index in [4.69, 9.17) is 5.11 Å². The van der Waals surface area contributed by atoms with Crippen LogP contribution in [0.3, 0.4) is 0 Å². The predicted molar refractivity (Wildman–Crippen MR) is 74.7 cm³/mol. The number of carboxylic acids is 1. The third kappa shape index (κ3) is 4.84. The topological polar surface area (TPSA) is 88.0 Å². The molecule has 0 unspecified atom stereocenters. The second-order valence-electron chi connectivity index (χ2n) is 3.59. The molecule has 0 spiro atoms. The highest BCUT2D eigenvalue weighted by Gasteiger charge is 2.06. The summed E-state index contributed by atoms with van der Waals surface area (Å²) in [4.78, 5) is 14.4. The molecule has 2 aromatic rings. The van der Waals surface area contributed by atoms with Gasteiger partial charge >= 0.3 is 5.97 Å². The van der Waals surface area contributed by atoms with E-state index in [9.17, 15) is 4.79 Å². The Morgan fingerprint density at radius 1 is 1.37 bits per heavy atom. The summed E-state index contributed by atoms with van der Waals surface area (Å²) in [5.74, 6) is -0.849. The van der Waals surface area contributed by atoms with Crippen LogP contribution >= 0.6 is 23.1 Å². The van der Waals surface area contributed by atoms with Crippen LogP contribution < -0.4 is 5.32 Å². The first kappa shape index (κ1) is 13.8. The van der Waals surface area contributed by atoms with E-state index in [1.54, 1.807) is 12.4 Å². The number of nitrogens with one attached hydrogen (secondary N) is 1. The average molecular weight is 296 g/mol. The molecule has 0 fully saturated rings. The molecule has 2 N–H and O–H groups in total. The van der Waals surface area contributed by atoms with Gasteiger partial charge in [-0.15, -0.1) is 10.2 Å². The average Bonchev–Trinajstić information content (AvgIpc) is 2.86. The van der Waals surface area contributed by atoms with E-state index >= 15 is 0 Å². The largest absolute Gasteiger partial charge is 0.481 e. The van der Waals surface area contributed by atoms with Crippen molar-refractivity contribution >= 4 is 34.2 Å². The van der Waals surface area contributed by atoms with E-state index in [1.165, 1.54) is 28.7 Å². The number of carbonyl (C=O) groups is 1. The maximum Gasteiger partial charge on any atom is 0.313 e. The summed E-state index contributed by atoms with van der Waals surface area (Å²) < 4.78 is 0.661. The van der Waals surface area contributed by atoms with Crippen LogP contribution in [0.25, 0.3) is 0 Å². The molecule has 0 aliphatic carbocycles. The van der Waals surface area contributed by atoms with Gasteiger partial charge in [0.15, 0.2) is 4.34 Å². The molecular formula is C11H12N4O2S2. The van der Waals surface area contributed by atoms with Gasteiger partial charge in [-0.05, 0) is 24.1 Å². The third-order valence-corrected chi connectivity index (χ3v) is 4.16. The summed E-state index contributed by atoms with van der Waals surface area (Å²) in [6.45, 7) is 0.752. The standard InChI is InChI=1S/C11H12N4O2S2/c16-9(17)7-18-11-15-14-10(19-11)13-6-3-8-1-4-12-5-2-8/h1-2,4-5H,3,6-7H2,(H,13,14)(H,16,17). The Kier molecular flexibility index (Phi) is 5.10. The molecule has 2 aromatic heterocycles. The Morgan fingerprint density at radius 2 is 2.16 bits per heavy atom. The fourth-order valence-corrected chi connectivity index (χ4v) is 2.82. The Bertz CT molecular complexity index is 533. The lowest BCUT2D eigenvalue weighted by Crippen LogP contribution is -2.04. The quantitative estimate of drug-likeness (QED) is 0.753. The maximum atomic E-state index is 10.4. The van der Waals surface area contributed by atoms with Gasteiger partial charge in [-0.3, -0.25) is 9.78 Å². The third-order valence-electron chi connectivity index (χ3n) is 2.16. The number of nitrogens with zero attached hydrogens (tertiary/aromatic N) is 3. The van der Waals surface area contributed by atoms with Crippen molar-refractivity contribution in [2.45, 2.75) is 10.8 Å². The van der Waals surface area contributed by atoms with E-state index < -0.39 is 5.97 Å². The van der Waals surface area contributed by atoms with Gasteiger partial charge in [0.2, 0.25) is 5.13 Å². The normalized spacial score (nSPS) is 10.3. The van der Waals surface area contributed by atoms with E-state index in [1.807, 2.05) is 12.1 Å². The van der Waals surface area contributed by atoms with E-state index in [0.29, 0.717) is 9.47 Å². The first-order valence-electron chi connectivity index (χ1n) is 5.55. The number of hydrogen-bond acceptors (Lipinski definition) is 7. The number of rotatable bonds is 7. The van der Waals surface area contributed by atoms with Crippen LogP contribution in [0, 0.1) is 0 Å². The molecular weight excluding hydrogens is 284 g/mol. The van der Waals surface area contributed by atoms with Crippen LogP contribution in [0.5, 0.6) is 0 Å². The number of pyridine rings is 1. The molecule has 2 rings (SSSR count). The van der Waals surface area contributed by atoms with Crippen molar-refractivity contribution < 1.29 is 9.90 Å². The fraction of sp³-hybridized carbons (Fsp3) is 0.273. The zero-order chi connectivity index (χ0) is 13.5. The zero-order valence-electron chi connectivity index (χ0n) is 9.94. The van der Waals surface area contributed by atoms with Gasteiger partial charge < -0.3 is 10.4 Å². The van der Waals surface area contributed by atoms with Crippen LogP contribution in [0.4, 0.5) is 5.13 Å². The summed E-state index contributed by atoms with van der Waals surface area (Å²) in [5.41, 5.74) is 1.20. The maximum absolute atomic E-state index is 10.4. The lowest BCUT2D eigenvalue weighted by molar-refractivity contribution is -0.133. The van der Waals surface area contributed by atoms with Crippen LogP contribution in [-0.2, 0) is 11.2 Å². The first-order valence-corrected chi connectivity index (χ1v) is 7.35. The molecule has 0 amide bonds. The second kappa shape index (κ2) is 7.05. The molecule has 0 atom stereocenters. The smallest absolute Gasteiger partial charge is 0.313 e. The van der Waals surface area contributed by atoms with Gasteiger partial charge in [-0.2, -0.15) is 0 Å². The summed E-state index contributed by atoms with van der Waals surface area (Å²) >= 11 is 2.54. The molecule has 0 saturated carbocycles. The van der Waals surface area contributed by atoms with E-state index in [-0.39, 0.29) is 5.75 Å². The Labute approximate surface area is 118 Å². The molecule has 0 radical (unpaired) electrons. The van der Waals surface area contributed by atoms with Gasteiger partial charge in [0.05, 0.1) is 5.75 Å². The molecule has 0 aliphatic heterocycles. The number of anilines is 1. The molecule has 6 nitrogen and oxygen atoms in total. The van der Waals surface area contributed by atoms with Crippen molar-refractivity contribution in [3.05, 3.63) is 30.1 Å². The summed E-state index contributed by atoms with van der Waals surface area (Å²) in [6.07, 6.45) is 4.40. The van der Waals surface area contributed by atoms with Crippen molar-refractivity contribution in [2.24, 2.45) is 0 Å². The first-order chi connectivity index (χ1) is 9.24. The Morgan fingerprint density at radius 3 is 2.89 bits per heavy atom. The number of aromatic nitrogens is 3. The predicted octanol–water partition coefficient (Wildman–Crippen LogP) is 1.76. The Hall–Kier alpha value is -1.67.